The lowest BCUT2D eigenvalue weighted by Gasteiger charge is -2.09. The van der Waals surface area contributed by atoms with Crippen LogP contribution in [-0.4, -0.2) is 35.6 Å². The maximum absolute atomic E-state index is 5.37. The number of benzene rings is 2. The average molecular weight is 365 g/mol. The smallest absolute Gasteiger partial charge is 0.249 e. The first-order chi connectivity index (χ1) is 13.3. The first kappa shape index (κ1) is 16.9. The van der Waals surface area contributed by atoms with Crippen molar-refractivity contribution in [2.45, 2.75) is 6.42 Å². The van der Waals surface area contributed by atoms with E-state index in [9.17, 15) is 0 Å². The maximum atomic E-state index is 5.37. The van der Waals surface area contributed by atoms with E-state index in [4.69, 9.17) is 14.2 Å². The molecule has 0 saturated heterocycles. The summed E-state index contributed by atoms with van der Waals surface area (Å²) in [7, 11) is 1.67. The zero-order valence-electron chi connectivity index (χ0n) is 14.8. The lowest BCUT2D eigenvalue weighted by molar-refractivity contribution is 0.174. The van der Waals surface area contributed by atoms with E-state index in [2.05, 4.69) is 31.9 Å². The molecule has 0 amide bonds. The molecule has 0 saturated carbocycles. The molecule has 8 heteroatoms. The van der Waals surface area contributed by atoms with Gasteiger partial charge in [-0.1, -0.05) is 12.1 Å². The van der Waals surface area contributed by atoms with E-state index in [-0.39, 0.29) is 6.79 Å². The van der Waals surface area contributed by atoms with Gasteiger partial charge in [0, 0.05) is 18.3 Å². The van der Waals surface area contributed by atoms with Crippen molar-refractivity contribution in [1.82, 2.24) is 15.2 Å². The van der Waals surface area contributed by atoms with Gasteiger partial charge in [0.2, 0.25) is 12.7 Å². The molecule has 0 fully saturated rings. The lowest BCUT2D eigenvalue weighted by Crippen LogP contribution is -2.08. The highest BCUT2D eigenvalue weighted by Crippen LogP contribution is 2.34. The molecule has 4 rings (SSSR count). The molecule has 0 spiro atoms. The van der Waals surface area contributed by atoms with Crippen molar-refractivity contribution in [3.8, 4) is 17.2 Å². The highest BCUT2D eigenvalue weighted by Gasteiger charge is 2.13. The number of rotatable bonds is 7. The first-order valence-electron chi connectivity index (χ1n) is 8.53. The van der Waals surface area contributed by atoms with Gasteiger partial charge in [0.05, 0.1) is 13.3 Å². The Labute approximate surface area is 156 Å². The fourth-order valence-electron chi connectivity index (χ4n) is 2.71. The molecule has 8 nitrogen and oxygen atoms in total. The standard InChI is InChI=1S/C19H19N5O3/c1-25-15-4-2-3-13(9-15)7-8-20-18-11-21-24-19(23-18)22-14-5-6-16-17(10-14)27-12-26-16/h2-6,9-11H,7-8,12H2,1H3,(H2,20,22,23,24). The van der Waals surface area contributed by atoms with E-state index in [0.717, 1.165) is 30.2 Å². The second kappa shape index (κ2) is 7.77. The molecular formula is C19H19N5O3. The normalized spacial score (nSPS) is 11.9. The number of ether oxygens (including phenoxy) is 3. The molecule has 2 aromatic carbocycles. The summed E-state index contributed by atoms with van der Waals surface area (Å²) in [5.41, 5.74) is 1.98. The van der Waals surface area contributed by atoms with E-state index in [1.807, 2.05) is 36.4 Å². The maximum Gasteiger partial charge on any atom is 0.249 e. The van der Waals surface area contributed by atoms with Crippen molar-refractivity contribution < 1.29 is 14.2 Å². The van der Waals surface area contributed by atoms with Gasteiger partial charge in [0.1, 0.15) is 5.75 Å². The molecule has 1 aliphatic heterocycles. The Kier molecular flexibility index (Phi) is 4.86. The minimum atomic E-state index is 0.240. The highest BCUT2D eigenvalue weighted by atomic mass is 16.7. The lowest BCUT2D eigenvalue weighted by atomic mass is 10.1. The third-order valence-corrected chi connectivity index (χ3v) is 4.04. The van der Waals surface area contributed by atoms with Crippen LogP contribution in [0, 0.1) is 0 Å². The van der Waals surface area contributed by atoms with Crippen LogP contribution in [0.15, 0.2) is 48.7 Å². The van der Waals surface area contributed by atoms with Crippen LogP contribution >= 0.6 is 0 Å². The fraction of sp³-hybridized carbons (Fsp3) is 0.211. The Bertz CT molecular complexity index is 935. The summed E-state index contributed by atoms with van der Waals surface area (Å²) in [6, 6.07) is 13.6. The Hall–Kier alpha value is -3.55. The minimum absolute atomic E-state index is 0.240. The van der Waals surface area contributed by atoms with E-state index >= 15 is 0 Å². The SMILES string of the molecule is COc1cccc(CCNc2cnnc(Nc3ccc4c(c3)OCO4)n2)c1. The van der Waals surface area contributed by atoms with Crippen molar-refractivity contribution >= 4 is 17.5 Å². The molecule has 1 aromatic heterocycles. The minimum Gasteiger partial charge on any atom is -0.497 e. The monoisotopic (exact) mass is 365 g/mol. The molecule has 3 aromatic rings. The molecular weight excluding hydrogens is 346 g/mol. The molecule has 0 aliphatic carbocycles. The third kappa shape index (κ3) is 4.17. The summed E-state index contributed by atoms with van der Waals surface area (Å²) in [5.74, 6) is 3.33. The van der Waals surface area contributed by atoms with Crippen molar-refractivity contribution in [3.05, 3.63) is 54.2 Å². The molecule has 0 atom stereocenters. The number of hydrogen-bond acceptors (Lipinski definition) is 8. The largest absolute Gasteiger partial charge is 0.497 e. The Morgan fingerprint density at radius 2 is 2.04 bits per heavy atom. The zero-order valence-corrected chi connectivity index (χ0v) is 14.8. The van der Waals surface area contributed by atoms with Crippen LogP contribution in [0.3, 0.4) is 0 Å². The van der Waals surface area contributed by atoms with Crippen LogP contribution in [0.25, 0.3) is 0 Å². The number of nitrogens with one attached hydrogen (secondary N) is 2. The van der Waals surface area contributed by atoms with Gasteiger partial charge in [-0.3, -0.25) is 0 Å². The number of hydrogen-bond donors (Lipinski definition) is 2. The van der Waals surface area contributed by atoms with Gasteiger partial charge in [-0.15, -0.1) is 5.10 Å². The summed E-state index contributed by atoms with van der Waals surface area (Å²) in [6.45, 7) is 0.957. The first-order valence-corrected chi connectivity index (χ1v) is 8.53. The second-order valence-corrected chi connectivity index (χ2v) is 5.89. The zero-order chi connectivity index (χ0) is 18.5. The van der Waals surface area contributed by atoms with Crippen molar-refractivity contribution in [2.24, 2.45) is 0 Å². The molecule has 0 bridgehead atoms. The van der Waals surface area contributed by atoms with E-state index in [1.54, 1.807) is 13.3 Å². The molecule has 27 heavy (non-hydrogen) atoms. The van der Waals surface area contributed by atoms with Gasteiger partial charge < -0.3 is 24.8 Å². The van der Waals surface area contributed by atoms with Gasteiger partial charge in [-0.25, -0.2) is 0 Å². The van der Waals surface area contributed by atoms with Crippen molar-refractivity contribution in [3.63, 3.8) is 0 Å². The summed E-state index contributed by atoms with van der Waals surface area (Å²) >= 11 is 0. The van der Waals surface area contributed by atoms with Crippen LogP contribution < -0.4 is 24.8 Å². The van der Waals surface area contributed by atoms with Crippen LogP contribution in [0.4, 0.5) is 17.5 Å². The second-order valence-electron chi connectivity index (χ2n) is 5.89. The van der Waals surface area contributed by atoms with Crippen LogP contribution in [0.2, 0.25) is 0 Å². The van der Waals surface area contributed by atoms with Gasteiger partial charge in [-0.2, -0.15) is 10.1 Å². The number of fused-ring (bicyclic) bond motifs is 1. The summed E-state index contributed by atoms with van der Waals surface area (Å²) in [4.78, 5) is 4.43. The van der Waals surface area contributed by atoms with Crippen LogP contribution in [0.5, 0.6) is 17.2 Å². The predicted molar refractivity (Wildman–Crippen MR) is 101 cm³/mol. The molecule has 2 heterocycles. The van der Waals surface area contributed by atoms with Crippen molar-refractivity contribution in [2.75, 3.05) is 31.1 Å². The highest BCUT2D eigenvalue weighted by molar-refractivity contribution is 5.60. The van der Waals surface area contributed by atoms with Gasteiger partial charge in [-0.05, 0) is 36.2 Å². The molecule has 138 valence electrons. The average Bonchev–Trinajstić information content (AvgIpc) is 3.16. The molecule has 2 N–H and O–H groups in total. The van der Waals surface area contributed by atoms with E-state index < -0.39 is 0 Å². The Morgan fingerprint density at radius 3 is 2.96 bits per heavy atom. The quantitative estimate of drug-likeness (QED) is 0.660. The number of methoxy groups -OCH3 is 1. The Balaban J connectivity index is 1.36. The fourth-order valence-corrected chi connectivity index (χ4v) is 2.71. The van der Waals surface area contributed by atoms with Crippen LogP contribution in [0.1, 0.15) is 5.56 Å². The molecule has 0 unspecified atom stereocenters. The van der Waals surface area contributed by atoms with Gasteiger partial charge in [0.15, 0.2) is 17.3 Å². The van der Waals surface area contributed by atoms with Gasteiger partial charge >= 0.3 is 0 Å². The number of aromatic nitrogens is 3. The molecule has 1 aliphatic rings. The summed E-state index contributed by atoms with van der Waals surface area (Å²) in [5, 5.41) is 14.4. The summed E-state index contributed by atoms with van der Waals surface area (Å²) < 4.78 is 15.9. The van der Waals surface area contributed by atoms with E-state index in [1.165, 1.54) is 5.56 Å². The van der Waals surface area contributed by atoms with Gasteiger partial charge in [0.25, 0.3) is 0 Å². The third-order valence-electron chi connectivity index (χ3n) is 4.04. The van der Waals surface area contributed by atoms with Crippen LogP contribution in [-0.2, 0) is 6.42 Å². The summed E-state index contributed by atoms with van der Waals surface area (Å²) in [6.07, 6.45) is 2.43. The topological polar surface area (TPSA) is 90.4 Å². The number of anilines is 3. The number of nitrogens with zero attached hydrogens (tertiary/aromatic N) is 3. The predicted octanol–water partition coefficient (Wildman–Crippen LogP) is 3.01. The Morgan fingerprint density at radius 1 is 1.11 bits per heavy atom. The molecule has 0 radical (unpaired) electrons. The van der Waals surface area contributed by atoms with E-state index in [0.29, 0.717) is 17.5 Å². The van der Waals surface area contributed by atoms with Crippen molar-refractivity contribution in [1.29, 1.82) is 0 Å².